The van der Waals surface area contributed by atoms with Gasteiger partial charge in [-0.1, -0.05) is 12.1 Å². The van der Waals surface area contributed by atoms with Gasteiger partial charge in [-0.25, -0.2) is 0 Å². The Labute approximate surface area is 108 Å². The third-order valence-corrected chi connectivity index (χ3v) is 2.25. The molecule has 3 N–H and O–H groups in total. The van der Waals surface area contributed by atoms with E-state index in [0.29, 0.717) is 24.9 Å². The van der Waals surface area contributed by atoms with Crippen molar-refractivity contribution in [1.82, 2.24) is 5.32 Å². The van der Waals surface area contributed by atoms with E-state index in [2.05, 4.69) is 10.1 Å². The number of ether oxygens (including phenoxy) is 1. The van der Waals surface area contributed by atoms with E-state index in [1.54, 1.807) is 0 Å². The van der Waals surface area contributed by atoms with Crippen molar-refractivity contribution >= 4 is 5.91 Å². The Morgan fingerprint density at radius 3 is 2.42 bits per heavy atom. The maximum Gasteiger partial charge on any atom is 0.573 e. The first kappa shape index (κ1) is 15.3. The van der Waals surface area contributed by atoms with E-state index in [1.165, 1.54) is 24.3 Å². The molecular weight excluding hydrogens is 261 g/mol. The van der Waals surface area contributed by atoms with Gasteiger partial charge < -0.3 is 15.8 Å². The summed E-state index contributed by atoms with van der Waals surface area (Å²) in [6.07, 6.45) is -3.76. The summed E-state index contributed by atoms with van der Waals surface area (Å²) < 4.78 is 39.5. The van der Waals surface area contributed by atoms with Crippen molar-refractivity contribution in [1.29, 1.82) is 0 Å². The van der Waals surface area contributed by atoms with Crippen LogP contribution in [0.25, 0.3) is 0 Å². The Bertz CT molecular complexity index is 404. The summed E-state index contributed by atoms with van der Waals surface area (Å²) in [5, 5.41) is 2.64. The lowest BCUT2D eigenvalue weighted by molar-refractivity contribution is -0.274. The van der Waals surface area contributed by atoms with Crippen LogP contribution in [-0.2, 0) is 11.3 Å². The fourth-order valence-electron chi connectivity index (χ4n) is 1.36. The first-order chi connectivity index (χ1) is 8.90. The van der Waals surface area contributed by atoms with Crippen molar-refractivity contribution in [2.24, 2.45) is 5.73 Å². The molecule has 0 heterocycles. The van der Waals surface area contributed by atoms with E-state index >= 15 is 0 Å². The van der Waals surface area contributed by atoms with Gasteiger partial charge in [0.2, 0.25) is 5.91 Å². The van der Waals surface area contributed by atoms with Crippen molar-refractivity contribution in [2.45, 2.75) is 25.7 Å². The van der Waals surface area contributed by atoms with E-state index in [0.717, 1.165) is 0 Å². The molecule has 19 heavy (non-hydrogen) atoms. The minimum Gasteiger partial charge on any atom is -0.406 e. The Kier molecular flexibility index (Phi) is 5.62. The second-order valence-electron chi connectivity index (χ2n) is 3.86. The highest BCUT2D eigenvalue weighted by Crippen LogP contribution is 2.22. The van der Waals surface area contributed by atoms with Gasteiger partial charge in [-0.15, -0.1) is 13.2 Å². The van der Waals surface area contributed by atoms with Crippen LogP contribution in [0.5, 0.6) is 5.75 Å². The molecule has 0 radical (unpaired) electrons. The van der Waals surface area contributed by atoms with Gasteiger partial charge >= 0.3 is 6.36 Å². The molecule has 4 nitrogen and oxygen atoms in total. The van der Waals surface area contributed by atoms with Gasteiger partial charge in [0.25, 0.3) is 0 Å². The summed E-state index contributed by atoms with van der Waals surface area (Å²) in [6.45, 7) is 0.701. The maximum atomic E-state index is 11.9. The van der Waals surface area contributed by atoms with Gasteiger partial charge in [-0.3, -0.25) is 4.79 Å². The zero-order chi connectivity index (χ0) is 14.3. The highest BCUT2D eigenvalue weighted by atomic mass is 19.4. The smallest absolute Gasteiger partial charge is 0.406 e. The number of halogens is 3. The summed E-state index contributed by atoms with van der Waals surface area (Å²) >= 11 is 0. The molecule has 0 fully saturated rings. The second-order valence-corrected chi connectivity index (χ2v) is 3.86. The molecule has 0 saturated carbocycles. The van der Waals surface area contributed by atoms with Gasteiger partial charge in [0, 0.05) is 13.0 Å². The third kappa shape index (κ3) is 6.66. The third-order valence-electron chi connectivity index (χ3n) is 2.25. The van der Waals surface area contributed by atoms with Crippen LogP contribution in [0.1, 0.15) is 18.4 Å². The van der Waals surface area contributed by atoms with Crippen molar-refractivity contribution < 1.29 is 22.7 Å². The lowest BCUT2D eigenvalue weighted by atomic mass is 10.2. The Hall–Kier alpha value is -1.76. The molecule has 0 unspecified atom stereocenters. The lowest BCUT2D eigenvalue weighted by Crippen LogP contribution is -2.23. The number of hydrogen-bond acceptors (Lipinski definition) is 3. The molecule has 1 aromatic rings. The second kappa shape index (κ2) is 6.98. The number of benzene rings is 1. The van der Waals surface area contributed by atoms with Crippen LogP contribution < -0.4 is 15.8 Å². The van der Waals surface area contributed by atoms with Crippen LogP contribution in [0.2, 0.25) is 0 Å². The number of carbonyl (C=O) groups excluding carboxylic acids is 1. The van der Waals surface area contributed by atoms with Crippen LogP contribution in [-0.4, -0.2) is 18.8 Å². The van der Waals surface area contributed by atoms with Crippen LogP contribution >= 0.6 is 0 Å². The number of alkyl halides is 3. The van der Waals surface area contributed by atoms with Crippen molar-refractivity contribution in [3.8, 4) is 5.75 Å². The zero-order valence-electron chi connectivity index (χ0n) is 10.2. The number of hydrogen-bond donors (Lipinski definition) is 2. The summed E-state index contributed by atoms with van der Waals surface area (Å²) in [5.41, 5.74) is 5.96. The number of rotatable bonds is 6. The fraction of sp³-hybridized carbons (Fsp3) is 0.417. The highest BCUT2D eigenvalue weighted by Gasteiger charge is 2.30. The van der Waals surface area contributed by atoms with Gasteiger partial charge in [-0.2, -0.15) is 0 Å². The summed E-state index contributed by atoms with van der Waals surface area (Å²) in [4.78, 5) is 11.3. The van der Waals surface area contributed by atoms with Gasteiger partial charge in [0.05, 0.1) is 0 Å². The largest absolute Gasteiger partial charge is 0.573 e. The van der Waals surface area contributed by atoms with Gasteiger partial charge in [0.15, 0.2) is 0 Å². The average Bonchev–Trinajstić information content (AvgIpc) is 2.33. The molecule has 0 aromatic heterocycles. The molecule has 0 saturated heterocycles. The predicted octanol–water partition coefficient (Wildman–Crippen LogP) is 1.94. The Balaban J connectivity index is 2.42. The minimum atomic E-state index is -4.70. The molecule has 1 amide bonds. The summed E-state index contributed by atoms with van der Waals surface area (Å²) in [6, 6.07) is 5.33. The van der Waals surface area contributed by atoms with E-state index in [4.69, 9.17) is 5.73 Å². The van der Waals surface area contributed by atoms with Crippen LogP contribution in [0.15, 0.2) is 24.3 Å². The van der Waals surface area contributed by atoms with Gasteiger partial charge in [-0.05, 0) is 30.7 Å². The topological polar surface area (TPSA) is 64.4 Å². The zero-order valence-corrected chi connectivity index (χ0v) is 10.2. The highest BCUT2D eigenvalue weighted by molar-refractivity contribution is 5.75. The van der Waals surface area contributed by atoms with E-state index in [-0.39, 0.29) is 18.2 Å². The molecule has 0 aliphatic carbocycles. The molecule has 0 bridgehead atoms. The lowest BCUT2D eigenvalue weighted by Gasteiger charge is -2.09. The van der Waals surface area contributed by atoms with E-state index < -0.39 is 6.36 Å². The van der Waals surface area contributed by atoms with Crippen molar-refractivity contribution in [3.05, 3.63) is 29.8 Å². The molecule has 0 atom stereocenters. The van der Waals surface area contributed by atoms with E-state index in [1.807, 2.05) is 0 Å². The molecule has 0 aliphatic heterocycles. The van der Waals surface area contributed by atoms with Crippen molar-refractivity contribution in [2.75, 3.05) is 6.54 Å². The van der Waals surface area contributed by atoms with Gasteiger partial charge in [0.1, 0.15) is 5.75 Å². The summed E-state index contributed by atoms with van der Waals surface area (Å²) in [5.74, 6) is -0.424. The molecule has 7 heteroatoms. The maximum absolute atomic E-state index is 11.9. The van der Waals surface area contributed by atoms with Crippen LogP contribution in [0.4, 0.5) is 13.2 Å². The van der Waals surface area contributed by atoms with Crippen LogP contribution in [0.3, 0.4) is 0 Å². The molecule has 1 rings (SSSR count). The first-order valence-corrected chi connectivity index (χ1v) is 5.72. The minimum absolute atomic E-state index is 0.138. The quantitative estimate of drug-likeness (QED) is 0.834. The molecule has 1 aromatic carbocycles. The van der Waals surface area contributed by atoms with Crippen molar-refractivity contribution in [3.63, 3.8) is 0 Å². The predicted molar refractivity (Wildman–Crippen MR) is 63.3 cm³/mol. The SMILES string of the molecule is NCCCC(=O)NCc1ccc(OC(F)(F)F)cc1. The number of nitrogens with one attached hydrogen (secondary N) is 1. The Morgan fingerprint density at radius 2 is 1.89 bits per heavy atom. The molecule has 0 spiro atoms. The number of amides is 1. The molecular formula is C12H15F3N2O2. The molecule has 106 valence electrons. The van der Waals surface area contributed by atoms with E-state index in [9.17, 15) is 18.0 Å². The number of nitrogens with two attached hydrogens (primary N) is 1. The summed E-state index contributed by atoms with van der Waals surface area (Å²) in [7, 11) is 0. The van der Waals surface area contributed by atoms with Crippen LogP contribution in [0, 0.1) is 0 Å². The normalized spacial score (nSPS) is 11.2. The number of carbonyl (C=O) groups is 1. The average molecular weight is 276 g/mol. The first-order valence-electron chi connectivity index (χ1n) is 5.72. The fourth-order valence-corrected chi connectivity index (χ4v) is 1.36. The standard InChI is InChI=1S/C12H15F3N2O2/c13-12(14,15)19-10-5-3-9(4-6-10)8-17-11(18)2-1-7-16/h3-6H,1-2,7-8,16H2,(H,17,18). The molecule has 0 aliphatic rings. The monoisotopic (exact) mass is 276 g/mol. The Morgan fingerprint density at radius 1 is 1.26 bits per heavy atom.